The largest absolute Gasteiger partial charge is 0.493 e. The molecule has 1 aromatic rings. The smallest absolute Gasteiger partial charge is 0.255 e. The van der Waals surface area contributed by atoms with Crippen LogP contribution in [0.4, 0.5) is 0 Å². The zero-order valence-corrected chi connectivity index (χ0v) is 15.5. The van der Waals surface area contributed by atoms with Crippen molar-refractivity contribution in [3.8, 4) is 11.5 Å². The van der Waals surface area contributed by atoms with Gasteiger partial charge in [0.25, 0.3) is 11.8 Å². The Bertz CT molecular complexity index is 634. The van der Waals surface area contributed by atoms with Crippen molar-refractivity contribution >= 4 is 35.8 Å². The molecule has 0 aromatic heterocycles. The Morgan fingerprint density at radius 1 is 1.32 bits per heavy atom. The van der Waals surface area contributed by atoms with E-state index in [0.29, 0.717) is 12.1 Å². The number of benzene rings is 1. The first kappa shape index (κ1) is 21.3. The molecule has 1 aromatic carbocycles. The van der Waals surface area contributed by atoms with Gasteiger partial charge in [-0.05, 0) is 25.0 Å². The number of hydrogen-bond acceptors (Lipinski definition) is 5. The predicted molar refractivity (Wildman–Crippen MR) is 97.7 cm³/mol. The van der Waals surface area contributed by atoms with Gasteiger partial charge in [-0.3, -0.25) is 9.59 Å². The SMILES string of the molecule is COc1cc(C(=O)NC2(CN)CCCC2)cc(Cl)c1OCC(N)=O.Cl. The fraction of sp³-hybridized carbons (Fsp3) is 0.500. The van der Waals surface area contributed by atoms with Crippen LogP contribution >= 0.6 is 24.0 Å². The molecule has 1 saturated carbocycles. The van der Waals surface area contributed by atoms with Crippen LogP contribution in [-0.4, -0.2) is 37.6 Å². The third-order valence-corrected chi connectivity index (χ3v) is 4.46. The minimum absolute atomic E-state index is 0. The van der Waals surface area contributed by atoms with Crippen LogP contribution in [0.15, 0.2) is 12.1 Å². The summed E-state index contributed by atoms with van der Waals surface area (Å²) in [6.07, 6.45) is 3.81. The van der Waals surface area contributed by atoms with Crippen LogP contribution in [0, 0.1) is 0 Å². The monoisotopic (exact) mass is 391 g/mol. The number of ether oxygens (including phenoxy) is 2. The molecule has 7 nitrogen and oxygen atoms in total. The molecule has 5 N–H and O–H groups in total. The normalized spacial score (nSPS) is 15.2. The molecule has 1 fully saturated rings. The number of nitrogens with one attached hydrogen (secondary N) is 1. The van der Waals surface area contributed by atoms with E-state index in [9.17, 15) is 9.59 Å². The number of carbonyl (C=O) groups is 2. The summed E-state index contributed by atoms with van der Waals surface area (Å²) in [5.41, 5.74) is 10.9. The Balaban J connectivity index is 0.00000312. The minimum Gasteiger partial charge on any atom is -0.493 e. The number of primary amides is 1. The zero-order chi connectivity index (χ0) is 17.7. The first-order valence-corrected chi connectivity index (χ1v) is 8.10. The number of rotatable bonds is 7. The second kappa shape index (κ2) is 9.12. The van der Waals surface area contributed by atoms with E-state index in [1.165, 1.54) is 19.2 Å². The van der Waals surface area contributed by atoms with Gasteiger partial charge in [-0.15, -0.1) is 12.4 Å². The van der Waals surface area contributed by atoms with Crippen LogP contribution in [0.3, 0.4) is 0 Å². The molecule has 0 spiro atoms. The fourth-order valence-electron chi connectivity index (χ4n) is 2.88. The van der Waals surface area contributed by atoms with Crippen molar-refractivity contribution in [2.75, 3.05) is 20.3 Å². The van der Waals surface area contributed by atoms with Crippen molar-refractivity contribution in [3.63, 3.8) is 0 Å². The van der Waals surface area contributed by atoms with Gasteiger partial charge >= 0.3 is 0 Å². The average molecular weight is 392 g/mol. The fourth-order valence-corrected chi connectivity index (χ4v) is 3.14. The van der Waals surface area contributed by atoms with Crippen molar-refractivity contribution in [3.05, 3.63) is 22.7 Å². The van der Waals surface area contributed by atoms with Gasteiger partial charge in [-0.2, -0.15) is 0 Å². The van der Waals surface area contributed by atoms with Crippen molar-refractivity contribution in [1.82, 2.24) is 5.32 Å². The first-order chi connectivity index (χ1) is 11.4. The molecule has 0 aliphatic heterocycles. The van der Waals surface area contributed by atoms with E-state index in [1.54, 1.807) is 0 Å². The maximum Gasteiger partial charge on any atom is 0.255 e. The van der Waals surface area contributed by atoms with Crippen molar-refractivity contribution < 1.29 is 19.1 Å². The summed E-state index contributed by atoms with van der Waals surface area (Å²) in [6, 6.07) is 2.98. The Labute approximate surface area is 157 Å². The second-order valence-corrected chi connectivity index (χ2v) is 6.30. The lowest BCUT2D eigenvalue weighted by atomic mass is 9.97. The van der Waals surface area contributed by atoms with Gasteiger partial charge < -0.3 is 26.3 Å². The summed E-state index contributed by atoms with van der Waals surface area (Å²) in [4.78, 5) is 23.4. The summed E-state index contributed by atoms with van der Waals surface area (Å²) in [6.45, 7) is 0.0569. The summed E-state index contributed by atoms with van der Waals surface area (Å²) >= 11 is 6.16. The van der Waals surface area contributed by atoms with E-state index >= 15 is 0 Å². The van der Waals surface area contributed by atoms with Gasteiger partial charge in [0.15, 0.2) is 18.1 Å². The van der Waals surface area contributed by atoms with Crippen LogP contribution < -0.4 is 26.3 Å². The lowest BCUT2D eigenvalue weighted by molar-refractivity contribution is -0.119. The number of methoxy groups -OCH3 is 1. The van der Waals surface area contributed by atoms with Gasteiger partial charge in [0.1, 0.15) is 0 Å². The average Bonchev–Trinajstić information content (AvgIpc) is 3.01. The molecule has 1 aliphatic carbocycles. The minimum atomic E-state index is -0.638. The van der Waals surface area contributed by atoms with E-state index in [4.69, 9.17) is 32.5 Å². The Morgan fingerprint density at radius 2 is 1.96 bits per heavy atom. The van der Waals surface area contributed by atoms with E-state index < -0.39 is 5.91 Å². The van der Waals surface area contributed by atoms with Crippen molar-refractivity contribution in [1.29, 1.82) is 0 Å². The molecule has 0 saturated heterocycles. The highest BCUT2D eigenvalue weighted by Crippen LogP contribution is 2.37. The molecule has 0 heterocycles. The van der Waals surface area contributed by atoms with Gasteiger partial charge in [0, 0.05) is 12.1 Å². The van der Waals surface area contributed by atoms with Crippen LogP contribution in [0.5, 0.6) is 11.5 Å². The van der Waals surface area contributed by atoms with Gasteiger partial charge in [0.05, 0.1) is 17.7 Å². The number of nitrogens with two attached hydrogens (primary N) is 2. The molecule has 0 unspecified atom stereocenters. The molecule has 2 rings (SSSR count). The lowest BCUT2D eigenvalue weighted by Crippen LogP contribution is -2.51. The molecular weight excluding hydrogens is 369 g/mol. The summed E-state index contributed by atoms with van der Waals surface area (Å²) in [5.74, 6) is -0.490. The van der Waals surface area contributed by atoms with Crippen LogP contribution in [-0.2, 0) is 4.79 Å². The van der Waals surface area contributed by atoms with E-state index in [1.807, 2.05) is 0 Å². The molecular formula is C16H23Cl2N3O4. The maximum atomic E-state index is 12.6. The quantitative estimate of drug-likeness (QED) is 0.652. The molecule has 9 heteroatoms. The topological polar surface area (TPSA) is 117 Å². The third kappa shape index (κ3) is 5.14. The standard InChI is InChI=1S/C16H22ClN3O4.ClH/c1-23-12-7-10(6-11(17)14(12)24-8-13(19)21)15(22)20-16(9-18)4-2-3-5-16;/h6-7H,2-5,8-9,18H2,1H3,(H2,19,21)(H,20,22);1H. The first-order valence-electron chi connectivity index (χ1n) is 7.72. The van der Waals surface area contributed by atoms with Crippen LogP contribution in [0.25, 0.3) is 0 Å². The highest BCUT2D eigenvalue weighted by Gasteiger charge is 2.34. The summed E-state index contributed by atoms with van der Waals surface area (Å²) < 4.78 is 10.5. The van der Waals surface area contributed by atoms with Crippen LogP contribution in [0.2, 0.25) is 5.02 Å². The van der Waals surface area contributed by atoms with Crippen molar-refractivity contribution in [2.45, 2.75) is 31.2 Å². The number of carbonyl (C=O) groups excluding carboxylic acids is 2. The Kier molecular flexibility index (Phi) is 7.79. The summed E-state index contributed by atoms with van der Waals surface area (Å²) in [5, 5.41) is 3.17. The number of amides is 2. The Morgan fingerprint density at radius 3 is 2.48 bits per heavy atom. The summed E-state index contributed by atoms with van der Waals surface area (Å²) in [7, 11) is 1.42. The highest BCUT2D eigenvalue weighted by molar-refractivity contribution is 6.32. The van der Waals surface area contributed by atoms with E-state index in [0.717, 1.165) is 25.7 Å². The van der Waals surface area contributed by atoms with Gasteiger partial charge in [-0.25, -0.2) is 0 Å². The molecule has 0 bridgehead atoms. The van der Waals surface area contributed by atoms with Gasteiger partial charge in [-0.1, -0.05) is 24.4 Å². The highest BCUT2D eigenvalue weighted by atomic mass is 35.5. The number of halogens is 2. The van der Waals surface area contributed by atoms with Crippen molar-refractivity contribution in [2.24, 2.45) is 11.5 Å². The molecule has 25 heavy (non-hydrogen) atoms. The number of hydrogen-bond donors (Lipinski definition) is 3. The Hall–Kier alpha value is -1.70. The van der Waals surface area contributed by atoms with Crippen LogP contribution in [0.1, 0.15) is 36.0 Å². The second-order valence-electron chi connectivity index (χ2n) is 5.89. The van der Waals surface area contributed by atoms with Gasteiger partial charge in [0.2, 0.25) is 0 Å². The zero-order valence-electron chi connectivity index (χ0n) is 14.0. The molecule has 0 radical (unpaired) electrons. The van der Waals surface area contributed by atoms with E-state index in [-0.39, 0.29) is 47.0 Å². The van der Waals surface area contributed by atoms with E-state index in [2.05, 4.69) is 5.32 Å². The molecule has 1 aliphatic rings. The third-order valence-electron chi connectivity index (χ3n) is 4.18. The maximum absolute atomic E-state index is 12.6. The molecule has 0 atom stereocenters. The lowest BCUT2D eigenvalue weighted by Gasteiger charge is -2.28. The predicted octanol–water partition coefficient (Wildman–Crippen LogP) is 1.64. The molecule has 140 valence electrons. The molecule has 2 amide bonds.